The van der Waals surface area contributed by atoms with Crippen LogP contribution in [0.3, 0.4) is 0 Å². The summed E-state index contributed by atoms with van der Waals surface area (Å²) in [7, 11) is 1.83. The number of aromatic nitrogens is 1. The van der Waals surface area contributed by atoms with Crippen molar-refractivity contribution in [2.45, 2.75) is 25.1 Å². The Hall–Kier alpha value is -1.86. The van der Waals surface area contributed by atoms with E-state index in [9.17, 15) is 9.18 Å². The van der Waals surface area contributed by atoms with Gasteiger partial charge in [0, 0.05) is 17.2 Å². The Balaban J connectivity index is 1.94. The maximum Gasteiger partial charge on any atom is 0.267 e. The number of aliphatic imine (C=N–C) groups is 2. The Morgan fingerprint density at radius 3 is 2.78 bits per heavy atom. The largest absolute Gasteiger partial charge is 0.310 e. The van der Waals surface area contributed by atoms with Crippen molar-refractivity contribution < 1.29 is 9.18 Å². The molecule has 120 valence electrons. The summed E-state index contributed by atoms with van der Waals surface area (Å²) in [4.78, 5) is 25.4. The molecule has 2 aliphatic rings. The molecule has 0 saturated heterocycles. The van der Waals surface area contributed by atoms with Gasteiger partial charge >= 0.3 is 0 Å². The molecule has 0 aliphatic carbocycles. The number of likely N-dealkylation sites (N-methyl/N-ethyl adjacent to an activating group) is 1. The van der Waals surface area contributed by atoms with Gasteiger partial charge in [0.1, 0.15) is 11.1 Å². The van der Waals surface area contributed by atoms with E-state index in [-0.39, 0.29) is 17.9 Å². The lowest BCUT2D eigenvalue weighted by Crippen LogP contribution is -2.41. The molecule has 0 radical (unpaired) electrons. The number of fused-ring (bicyclic) bond motifs is 1. The lowest BCUT2D eigenvalue weighted by Gasteiger charge is -2.22. The molecule has 7 heteroatoms. The van der Waals surface area contributed by atoms with Crippen LogP contribution in [0.5, 0.6) is 0 Å². The molecular weight excluding hydrogens is 315 g/mol. The molecule has 3 heterocycles. The number of allylic oxidation sites excluding steroid dienone is 1. The summed E-state index contributed by atoms with van der Waals surface area (Å²) in [5.41, 5.74) is 1.38. The number of carbonyl (C=O) groups excluding carboxylic acids is 1. The molecule has 0 saturated carbocycles. The predicted octanol–water partition coefficient (Wildman–Crippen LogP) is 2.30. The summed E-state index contributed by atoms with van der Waals surface area (Å²) in [5, 5.41) is 2.71. The van der Waals surface area contributed by atoms with Crippen LogP contribution in [0.25, 0.3) is 4.91 Å². The summed E-state index contributed by atoms with van der Waals surface area (Å²) in [6.45, 7) is 4.09. The highest BCUT2D eigenvalue weighted by Gasteiger charge is 2.36. The number of pyridine rings is 1. The second kappa shape index (κ2) is 6.33. The number of nitrogens with one attached hydrogen (secondary N) is 1. The third-order valence-corrected chi connectivity index (χ3v) is 5.04. The van der Waals surface area contributed by atoms with Crippen molar-refractivity contribution in [1.29, 1.82) is 0 Å². The van der Waals surface area contributed by atoms with Gasteiger partial charge in [-0.1, -0.05) is 13.8 Å². The van der Waals surface area contributed by atoms with E-state index in [1.54, 1.807) is 6.07 Å². The SMILES string of the molecule is CN[C@H](C1=NC(=O)C2SC(c3ccnc(F)c3)=CC2=N1)C(C)C. The third kappa shape index (κ3) is 3.11. The number of amidine groups is 1. The zero-order valence-electron chi connectivity index (χ0n) is 13.1. The molecule has 2 aliphatic heterocycles. The highest BCUT2D eigenvalue weighted by atomic mass is 32.2. The minimum absolute atomic E-state index is 0.0757. The van der Waals surface area contributed by atoms with E-state index in [2.05, 4.69) is 20.3 Å². The Kier molecular flexibility index (Phi) is 4.41. The van der Waals surface area contributed by atoms with Gasteiger partial charge in [0.25, 0.3) is 5.91 Å². The van der Waals surface area contributed by atoms with Gasteiger partial charge in [0.2, 0.25) is 5.95 Å². The quantitative estimate of drug-likeness (QED) is 0.859. The monoisotopic (exact) mass is 332 g/mol. The molecule has 2 atom stereocenters. The van der Waals surface area contributed by atoms with Gasteiger partial charge in [0.15, 0.2) is 0 Å². The number of carbonyl (C=O) groups is 1. The van der Waals surface area contributed by atoms with Crippen LogP contribution < -0.4 is 5.32 Å². The van der Waals surface area contributed by atoms with Gasteiger partial charge < -0.3 is 5.32 Å². The number of thioether (sulfide) groups is 1. The van der Waals surface area contributed by atoms with E-state index in [4.69, 9.17) is 0 Å². The van der Waals surface area contributed by atoms with Crippen molar-refractivity contribution in [3.05, 3.63) is 35.9 Å². The number of hydrogen-bond donors (Lipinski definition) is 1. The Morgan fingerprint density at radius 1 is 1.35 bits per heavy atom. The van der Waals surface area contributed by atoms with Gasteiger partial charge in [-0.15, -0.1) is 11.8 Å². The van der Waals surface area contributed by atoms with Crippen molar-refractivity contribution >= 4 is 34.1 Å². The van der Waals surface area contributed by atoms with Crippen LogP contribution in [-0.4, -0.2) is 40.8 Å². The Morgan fingerprint density at radius 2 is 2.13 bits per heavy atom. The molecule has 0 fully saturated rings. The lowest BCUT2D eigenvalue weighted by atomic mass is 10.0. The molecule has 1 aromatic heterocycles. The third-order valence-electron chi connectivity index (χ3n) is 3.75. The average molecular weight is 332 g/mol. The predicted molar refractivity (Wildman–Crippen MR) is 91.1 cm³/mol. The summed E-state index contributed by atoms with van der Waals surface area (Å²) in [6.07, 6.45) is 3.25. The van der Waals surface area contributed by atoms with Crippen molar-refractivity contribution in [2.75, 3.05) is 7.05 Å². The molecule has 23 heavy (non-hydrogen) atoms. The van der Waals surface area contributed by atoms with E-state index in [1.165, 1.54) is 24.0 Å². The first-order valence-corrected chi connectivity index (χ1v) is 8.26. The molecule has 3 rings (SSSR count). The van der Waals surface area contributed by atoms with Crippen molar-refractivity contribution in [3.63, 3.8) is 0 Å². The van der Waals surface area contributed by atoms with Crippen LogP contribution in [0.4, 0.5) is 4.39 Å². The van der Waals surface area contributed by atoms with Gasteiger partial charge in [-0.25, -0.2) is 9.98 Å². The van der Waals surface area contributed by atoms with E-state index < -0.39 is 11.2 Å². The first-order chi connectivity index (χ1) is 11.0. The normalized spacial score (nSPS) is 21.7. The molecule has 1 N–H and O–H groups in total. The zero-order chi connectivity index (χ0) is 16.6. The minimum Gasteiger partial charge on any atom is -0.310 e. The number of amides is 1. The summed E-state index contributed by atoms with van der Waals surface area (Å²) in [5.74, 6) is 0.0211. The smallest absolute Gasteiger partial charge is 0.267 e. The number of rotatable bonds is 4. The lowest BCUT2D eigenvalue weighted by molar-refractivity contribution is -0.116. The van der Waals surface area contributed by atoms with Crippen molar-refractivity contribution in [1.82, 2.24) is 10.3 Å². The summed E-state index contributed by atoms with van der Waals surface area (Å²) < 4.78 is 13.3. The molecule has 0 spiro atoms. The van der Waals surface area contributed by atoms with Gasteiger partial charge in [-0.05, 0) is 30.7 Å². The molecular formula is C16H17FN4OS. The fourth-order valence-corrected chi connectivity index (χ4v) is 3.74. The Bertz CT molecular complexity index is 741. The van der Waals surface area contributed by atoms with Crippen molar-refractivity contribution in [2.24, 2.45) is 15.9 Å². The van der Waals surface area contributed by atoms with E-state index in [0.29, 0.717) is 17.1 Å². The molecule has 5 nitrogen and oxygen atoms in total. The maximum atomic E-state index is 13.3. The van der Waals surface area contributed by atoms with Crippen molar-refractivity contribution in [3.8, 4) is 0 Å². The topological polar surface area (TPSA) is 66.7 Å². The second-order valence-electron chi connectivity index (χ2n) is 5.73. The molecule has 1 amide bonds. The number of nitrogens with zero attached hydrogens (tertiary/aromatic N) is 3. The van der Waals surface area contributed by atoms with E-state index in [1.807, 2.05) is 27.0 Å². The van der Waals surface area contributed by atoms with Crippen LogP contribution in [0.1, 0.15) is 19.4 Å². The van der Waals surface area contributed by atoms with Gasteiger partial charge in [-0.2, -0.15) is 9.38 Å². The van der Waals surface area contributed by atoms with Crippen LogP contribution in [0.2, 0.25) is 0 Å². The molecule has 0 aromatic carbocycles. The van der Waals surface area contributed by atoms with E-state index in [0.717, 1.165) is 4.91 Å². The van der Waals surface area contributed by atoms with Crippen LogP contribution >= 0.6 is 11.8 Å². The summed E-state index contributed by atoms with van der Waals surface area (Å²) in [6, 6.07) is 3.00. The fraction of sp³-hybridized carbons (Fsp3) is 0.375. The average Bonchev–Trinajstić information content (AvgIpc) is 2.92. The molecule has 1 aromatic rings. The fourth-order valence-electron chi connectivity index (χ4n) is 2.63. The highest BCUT2D eigenvalue weighted by Crippen LogP contribution is 2.39. The first-order valence-electron chi connectivity index (χ1n) is 7.38. The maximum absolute atomic E-state index is 13.3. The minimum atomic E-state index is -0.542. The van der Waals surface area contributed by atoms with Crippen LogP contribution in [0, 0.1) is 11.9 Å². The first kappa shape index (κ1) is 16.0. The Labute approximate surface area is 138 Å². The molecule has 0 bridgehead atoms. The number of hydrogen-bond acceptors (Lipinski definition) is 5. The molecule has 1 unspecified atom stereocenters. The van der Waals surface area contributed by atoms with Crippen LogP contribution in [0.15, 0.2) is 34.4 Å². The standard InChI is InChI=1S/C16H17FN4OS/c1-8(2)13(18-3)15-20-10-7-11(23-14(10)16(22)21-15)9-4-5-19-12(17)6-9/h4-8,13-14,18H,1-3H3/t13-,14?/m0/s1. The summed E-state index contributed by atoms with van der Waals surface area (Å²) >= 11 is 1.35. The highest BCUT2D eigenvalue weighted by molar-refractivity contribution is 8.10. The van der Waals surface area contributed by atoms with Gasteiger partial charge in [-0.3, -0.25) is 4.79 Å². The van der Waals surface area contributed by atoms with E-state index >= 15 is 0 Å². The number of halogens is 1. The van der Waals surface area contributed by atoms with Crippen LogP contribution in [-0.2, 0) is 4.79 Å². The zero-order valence-corrected chi connectivity index (χ0v) is 13.9. The van der Waals surface area contributed by atoms with Gasteiger partial charge in [0.05, 0.1) is 11.8 Å². The second-order valence-corrected chi connectivity index (χ2v) is 6.88.